The molecule has 1 aliphatic heterocycles. The lowest BCUT2D eigenvalue weighted by Crippen LogP contribution is -2.45. The molecule has 2 rings (SSSR count). The molecule has 0 unspecified atom stereocenters. The van der Waals surface area contributed by atoms with Crippen LogP contribution in [-0.2, 0) is 4.79 Å². The number of hydrogen-bond acceptors (Lipinski definition) is 2. The standard InChI is InChI=1S/C19H26N2O2/c1-3-4-5-12-20-18(22)17-7-6-13-21(14-17)19(23)16-10-8-15(2)9-11-16/h3-4,8-11,17H,5-7,12-14H2,1-2H3,(H,20,22)/b4-3+/t17-/m1/s1. The maximum absolute atomic E-state index is 12.6. The minimum Gasteiger partial charge on any atom is -0.355 e. The second-order valence-corrected chi connectivity index (χ2v) is 6.11. The van der Waals surface area contributed by atoms with Crippen molar-refractivity contribution in [1.29, 1.82) is 0 Å². The van der Waals surface area contributed by atoms with E-state index < -0.39 is 0 Å². The van der Waals surface area contributed by atoms with Crippen molar-refractivity contribution < 1.29 is 9.59 Å². The Labute approximate surface area is 138 Å². The lowest BCUT2D eigenvalue weighted by atomic mass is 9.96. The third-order valence-electron chi connectivity index (χ3n) is 4.22. The second-order valence-electron chi connectivity index (χ2n) is 6.11. The summed E-state index contributed by atoms with van der Waals surface area (Å²) in [5.74, 6) is -0.00363. The number of piperidine rings is 1. The quantitative estimate of drug-likeness (QED) is 0.671. The number of benzene rings is 1. The number of nitrogens with one attached hydrogen (secondary N) is 1. The van der Waals surface area contributed by atoms with Gasteiger partial charge in [0.15, 0.2) is 0 Å². The van der Waals surface area contributed by atoms with Crippen molar-refractivity contribution >= 4 is 11.8 Å². The minimum absolute atomic E-state index is 0.0245. The summed E-state index contributed by atoms with van der Waals surface area (Å²) in [5.41, 5.74) is 1.84. The fourth-order valence-corrected chi connectivity index (χ4v) is 2.84. The van der Waals surface area contributed by atoms with Crippen molar-refractivity contribution in [2.75, 3.05) is 19.6 Å². The number of nitrogens with zero attached hydrogens (tertiary/aromatic N) is 1. The number of hydrogen-bond donors (Lipinski definition) is 1. The van der Waals surface area contributed by atoms with Gasteiger partial charge in [0.1, 0.15) is 0 Å². The number of carbonyl (C=O) groups excluding carboxylic acids is 2. The number of aryl methyl sites for hydroxylation is 1. The fraction of sp³-hybridized carbons (Fsp3) is 0.474. The van der Waals surface area contributed by atoms with Crippen LogP contribution in [0.3, 0.4) is 0 Å². The summed E-state index contributed by atoms with van der Waals surface area (Å²) in [6.07, 6.45) is 6.60. The Morgan fingerprint density at radius 3 is 2.74 bits per heavy atom. The lowest BCUT2D eigenvalue weighted by molar-refractivity contribution is -0.126. The van der Waals surface area contributed by atoms with Crippen molar-refractivity contribution in [3.8, 4) is 0 Å². The number of amides is 2. The number of likely N-dealkylation sites (tertiary alicyclic amines) is 1. The lowest BCUT2D eigenvalue weighted by Gasteiger charge is -2.32. The summed E-state index contributed by atoms with van der Waals surface area (Å²) < 4.78 is 0. The number of carbonyl (C=O) groups is 2. The van der Waals surface area contributed by atoms with E-state index in [0.29, 0.717) is 18.7 Å². The average Bonchev–Trinajstić information content (AvgIpc) is 2.59. The first-order chi connectivity index (χ1) is 11.1. The van der Waals surface area contributed by atoms with Gasteiger partial charge in [0, 0.05) is 25.2 Å². The highest BCUT2D eigenvalue weighted by molar-refractivity contribution is 5.94. The van der Waals surface area contributed by atoms with E-state index in [0.717, 1.165) is 31.4 Å². The molecule has 4 nitrogen and oxygen atoms in total. The molecule has 0 bridgehead atoms. The van der Waals surface area contributed by atoms with Crippen LogP contribution in [0.4, 0.5) is 0 Å². The first kappa shape index (κ1) is 17.3. The van der Waals surface area contributed by atoms with Gasteiger partial charge in [-0.05, 0) is 45.2 Å². The molecule has 1 fully saturated rings. The molecule has 1 N–H and O–H groups in total. The molecule has 124 valence electrons. The van der Waals surface area contributed by atoms with Crippen molar-refractivity contribution in [3.63, 3.8) is 0 Å². The highest BCUT2D eigenvalue weighted by Crippen LogP contribution is 2.19. The molecule has 4 heteroatoms. The largest absolute Gasteiger partial charge is 0.355 e. The summed E-state index contributed by atoms with van der Waals surface area (Å²) in [5, 5.41) is 2.97. The fourth-order valence-electron chi connectivity index (χ4n) is 2.84. The van der Waals surface area contributed by atoms with E-state index in [-0.39, 0.29) is 17.7 Å². The van der Waals surface area contributed by atoms with Gasteiger partial charge < -0.3 is 10.2 Å². The first-order valence-corrected chi connectivity index (χ1v) is 8.36. The van der Waals surface area contributed by atoms with Crippen LogP contribution in [0, 0.1) is 12.8 Å². The van der Waals surface area contributed by atoms with E-state index in [2.05, 4.69) is 5.32 Å². The van der Waals surface area contributed by atoms with Crippen molar-refractivity contribution in [2.24, 2.45) is 5.92 Å². The Hall–Kier alpha value is -2.10. The molecular weight excluding hydrogens is 288 g/mol. The summed E-state index contributed by atoms with van der Waals surface area (Å²) >= 11 is 0. The number of rotatable bonds is 5. The van der Waals surface area contributed by atoms with E-state index in [1.54, 1.807) is 0 Å². The molecular formula is C19H26N2O2. The van der Waals surface area contributed by atoms with Crippen LogP contribution in [0.15, 0.2) is 36.4 Å². The van der Waals surface area contributed by atoms with Gasteiger partial charge in [-0.2, -0.15) is 0 Å². The molecule has 0 spiro atoms. The van der Waals surface area contributed by atoms with Crippen LogP contribution < -0.4 is 5.32 Å². The van der Waals surface area contributed by atoms with Gasteiger partial charge in [0.05, 0.1) is 5.92 Å². The first-order valence-electron chi connectivity index (χ1n) is 8.36. The highest BCUT2D eigenvalue weighted by atomic mass is 16.2. The molecule has 1 atom stereocenters. The number of allylic oxidation sites excluding steroid dienone is 1. The van der Waals surface area contributed by atoms with Gasteiger partial charge in [-0.25, -0.2) is 0 Å². The van der Waals surface area contributed by atoms with Gasteiger partial charge in [-0.1, -0.05) is 29.8 Å². The molecule has 1 aliphatic rings. The predicted octanol–water partition coefficient (Wildman–Crippen LogP) is 2.93. The third-order valence-corrected chi connectivity index (χ3v) is 4.22. The topological polar surface area (TPSA) is 49.4 Å². The van der Waals surface area contributed by atoms with Gasteiger partial charge in [-0.3, -0.25) is 9.59 Å². The van der Waals surface area contributed by atoms with Gasteiger partial charge in [0.2, 0.25) is 5.91 Å². The zero-order valence-electron chi connectivity index (χ0n) is 14.0. The highest BCUT2D eigenvalue weighted by Gasteiger charge is 2.28. The molecule has 0 aliphatic carbocycles. The summed E-state index contributed by atoms with van der Waals surface area (Å²) in [7, 11) is 0. The van der Waals surface area contributed by atoms with Gasteiger partial charge in [-0.15, -0.1) is 0 Å². The molecule has 1 aromatic rings. The van der Waals surface area contributed by atoms with Crippen LogP contribution in [0.2, 0.25) is 0 Å². The van der Waals surface area contributed by atoms with Crippen LogP contribution in [0.1, 0.15) is 42.1 Å². The maximum Gasteiger partial charge on any atom is 0.253 e. The summed E-state index contributed by atoms with van der Waals surface area (Å²) in [6.45, 7) is 5.88. The third kappa shape index (κ3) is 4.95. The SMILES string of the molecule is C/C=C/CCNC(=O)[C@@H]1CCCN(C(=O)c2ccc(C)cc2)C1. The molecule has 0 radical (unpaired) electrons. The molecule has 2 amide bonds. The van der Waals surface area contributed by atoms with Crippen LogP contribution >= 0.6 is 0 Å². The van der Waals surface area contributed by atoms with Gasteiger partial charge >= 0.3 is 0 Å². The van der Waals surface area contributed by atoms with Crippen LogP contribution in [0.25, 0.3) is 0 Å². The summed E-state index contributed by atoms with van der Waals surface area (Å²) in [4.78, 5) is 26.6. The molecule has 1 heterocycles. The van der Waals surface area contributed by atoms with Crippen molar-refractivity contribution in [1.82, 2.24) is 10.2 Å². The van der Waals surface area contributed by atoms with Crippen LogP contribution in [-0.4, -0.2) is 36.3 Å². The Kier molecular flexibility index (Phi) is 6.39. The van der Waals surface area contributed by atoms with E-state index in [4.69, 9.17) is 0 Å². The zero-order chi connectivity index (χ0) is 16.7. The molecule has 1 aromatic carbocycles. The molecule has 1 saturated heterocycles. The monoisotopic (exact) mass is 314 g/mol. The van der Waals surface area contributed by atoms with Crippen molar-refractivity contribution in [3.05, 3.63) is 47.5 Å². The van der Waals surface area contributed by atoms with Crippen LogP contribution in [0.5, 0.6) is 0 Å². The second kappa shape index (κ2) is 8.51. The predicted molar refractivity (Wildman–Crippen MR) is 92.2 cm³/mol. The van der Waals surface area contributed by atoms with Gasteiger partial charge in [0.25, 0.3) is 5.91 Å². The molecule has 0 saturated carbocycles. The van der Waals surface area contributed by atoms with E-state index in [1.807, 2.05) is 55.2 Å². The minimum atomic E-state index is -0.0937. The maximum atomic E-state index is 12.6. The van der Waals surface area contributed by atoms with E-state index >= 15 is 0 Å². The summed E-state index contributed by atoms with van der Waals surface area (Å²) in [6, 6.07) is 7.61. The Morgan fingerprint density at radius 1 is 1.30 bits per heavy atom. The molecule has 0 aromatic heterocycles. The van der Waals surface area contributed by atoms with E-state index in [9.17, 15) is 9.59 Å². The van der Waals surface area contributed by atoms with E-state index in [1.165, 1.54) is 0 Å². The Bertz CT molecular complexity index is 563. The zero-order valence-corrected chi connectivity index (χ0v) is 14.0. The normalized spacial score (nSPS) is 18.2. The Balaban J connectivity index is 1.90. The Morgan fingerprint density at radius 2 is 2.04 bits per heavy atom. The smallest absolute Gasteiger partial charge is 0.253 e. The molecule has 23 heavy (non-hydrogen) atoms. The average molecular weight is 314 g/mol. The van der Waals surface area contributed by atoms with Crippen molar-refractivity contribution in [2.45, 2.75) is 33.1 Å².